The summed E-state index contributed by atoms with van der Waals surface area (Å²) in [5.41, 5.74) is 0. The maximum atomic E-state index is 11.1. The van der Waals surface area contributed by atoms with Crippen LogP contribution in [-0.2, 0) is 4.79 Å². The first-order chi connectivity index (χ1) is 6.27. The second-order valence-corrected chi connectivity index (χ2v) is 3.46. The quantitative estimate of drug-likeness (QED) is 0.559. The second-order valence-electron chi connectivity index (χ2n) is 3.46. The number of nitrogens with zero attached hydrogens (tertiary/aromatic N) is 2. The molecule has 13 heavy (non-hydrogen) atoms. The summed E-state index contributed by atoms with van der Waals surface area (Å²) < 4.78 is 0. The molecule has 3 heteroatoms. The molecule has 0 aromatic rings. The van der Waals surface area contributed by atoms with Crippen LogP contribution < -0.4 is 0 Å². The van der Waals surface area contributed by atoms with Gasteiger partial charge in [0.15, 0.2) is 0 Å². The van der Waals surface area contributed by atoms with E-state index in [9.17, 15) is 4.79 Å². The van der Waals surface area contributed by atoms with E-state index in [0.29, 0.717) is 6.04 Å². The number of fused-ring (bicyclic) bond motifs is 2. The van der Waals surface area contributed by atoms with Crippen LogP contribution in [0.2, 0.25) is 0 Å². The lowest BCUT2D eigenvalue weighted by Crippen LogP contribution is -2.48. The first-order valence-corrected chi connectivity index (χ1v) is 5.27. The van der Waals surface area contributed by atoms with Gasteiger partial charge in [-0.15, -0.1) is 0 Å². The fraction of sp³-hybridized carbons (Fsp3) is 0.900. The molecule has 2 rings (SSSR count). The average molecular weight is 184 g/mol. The van der Waals surface area contributed by atoms with Crippen LogP contribution in [0.4, 0.5) is 0 Å². The van der Waals surface area contributed by atoms with Crippen molar-refractivity contribution in [3.8, 4) is 0 Å². The van der Waals surface area contributed by atoms with Crippen LogP contribution in [0.1, 0.15) is 27.2 Å². The van der Waals surface area contributed by atoms with E-state index in [-0.39, 0.29) is 5.91 Å². The molecule has 0 aliphatic carbocycles. The first kappa shape index (κ1) is 10.5. The smallest absolute Gasteiger partial charge is 0.219 e. The van der Waals surface area contributed by atoms with Crippen molar-refractivity contribution < 1.29 is 4.79 Å². The van der Waals surface area contributed by atoms with Gasteiger partial charge in [-0.3, -0.25) is 9.69 Å². The van der Waals surface area contributed by atoms with Gasteiger partial charge < -0.3 is 4.90 Å². The first-order valence-electron chi connectivity index (χ1n) is 5.27. The van der Waals surface area contributed by atoms with Crippen molar-refractivity contribution >= 4 is 5.91 Å². The minimum absolute atomic E-state index is 0.247. The third kappa shape index (κ3) is 2.21. The molecular weight excluding hydrogens is 164 g/mol. The molecule has 3 nitrogen and oxygen atoms in total. The zero-order valence-electron chi connectivity index (χ0n) is 8.92. The highest BCUT2D eigenvalue weighted by Crippen LogP contribution is 2.19. The fourth-order valence-electron chi connectivity index (χ4n) is 2.12. The number of amides is 1. The van der Waals surface area contributed by atoms with Crippen LogP contribution in [0.25, 0.3) is 0 Å². The fourth-order valence-corrected chi connectivity index (χ4v) is 2.12. The van der Waals surface area contributed by atoms with Crippen molar-refractivity contribution in [3.05, 3.63) is 0 Å². The molecule has 0 saturated carbocycles. The summed E-state index contributed by atoms with van der Waals surface area (Å²) in [6.07, 6.45) is 1.18. The van der Waals surface area contributed by atoms with E-state index < -0.39 is 0 Å². The van der Waals surface area contributed by atoms with Crippen molar-refractivity contribution in [2.75, 3.05) is 26.2 Å². The number of piperazine rings is 1. The second kappa shape index (κ2) is 4.61. The maximum Gasteiger partial charge on any atom is 0.219 e. The predicted molar refractivity (Wildman–Crippen MR) is 53.6 cm³/mol. The summed E-state index contributed by atoms with van der Waals surface area (Å²) in [4.78, 5) is 15.5. The lowest BCUT2D eigenvalue weighted by molar-refractivity contribution is -0.132. The van der Waals surface area contributed by atoms with Crippen LogP contribution in [-0.4, -0.2) is 47.9 Å². The zero-order valence-corrected chi connectivity index (χ0v) is 8.92. The molecule has 2 aliphatic heterocycles. The van der Waals surface area contributed by atoms with Gasteiger partial charge in [0.05, 0.1) is 0 Å². The topological polar surface area (TPSA) is 23.6 Å². The van der Waals surface area contributed by atoms with Crippen LogP contribution in [0, 0.1) is 0 Å². The summed E-state index contributed by atoms with van der Waals surface area (Å²) in [7, 11) is 0. The molecule has 1 amide bonds. The van der Waals surface area contributed by atoms with E-state index in [0.717, 1.165) is 19.6 Å². The SMILES string of the molecule is CC.CC(=O)N1CCN2CCC1C2. The Hall–Kier alpha value is -0.570. The molecule has 2 unspecified atom stereocenters. The summed E-state index contributed by atoms with van der Waals surface area (Å²) in [5, 5.41) is 0. The van der Waals surface area contributed by atoms with Crippen molar-refractivity contribution in [2.24, 2.45) is 0 Å². The number of rotatable bonds is 0. The van der Waals surface area contributed by atoms with Gasteiger partial charge in [0, 0.05) is 39.1 Å². The Morgan fingerprint density at radius 2 is 1.92 bits per heavy atom. The molecule has 2 aliphatic rings. The summed E-state index contributed by atoms with van der Waals surface area (Å²) in [6.45, 7) is 10.00. The number of hydrogen-bond donors (Lipinski definition) is 0. The highest BCUT2D eigenvalue weighted by Gasteiger charge is 2.33. The molecule has 2 saturated heterocycles. The molecule has 2 bridgehead atoms. The van der Waals surface area contributed by atoms with Gasteiger partial charge in [0.2, 0.25) is 5.91 Å². The van der Waals surface area contributed by atoms with Crippen molar-refractivity contribution in [3.63, 3.8) is 0 Å². The van der Waals surface area contributed by atoms with Crippen LogP contribution in [0.5, 0.6) is 0 Å². The van der Waals surface area contributed by atoms with Gasteiger partial charge in [0.1, 0.15) is 0 Å². The highest BCUT2D eigenvalue weighted by atomic mass is 16.2. The molecule has 0 aromatic carbocycles. The summed E-state index contributed by atoms with van der Waals surface area (Å²) in [6, 6.07) is 0.529. The van der Waals surface area contributed by atoms with Crippen molar-refractivity contribution in [2.45, 2.75) is 33.2 Å². The standard InChI is InChI=1S/C8H14N2O.C2H6/c1-7(11)10-5-4-9-3-2-8(10)6-9;1-2/h8H,2-6H2,1H3;1-2H3. The van der Waals surface area contributed by atoms with Crippen LogP contribution in [0.3, 0.4) is 0 Å². The third-order valence-electron chi connectivity index (χ3n) is 2.75. The van der Waals surface area contributed by atoms with Gasteiger partial charge in [-0.1, -0.05) is 13.8 Å². The van der Waals surface area contributed by atoms with Gasteiger partial charge in [0.25, 0.3) is 0 Å². The predicted octanol–water partition coefficient (Wildman–Crippen LogP) is 0.949. The van der Waals surface area contributed by atoms with E-state index in [4.69, 9.17) is 0 Å². The average Bonchev–Trinajstić information content (AvgIpc) is 2.51. The molecule has 0 radical (unpaired) electrons. The Balaban J connectivity index is 0.000000396. The Morgan fingerprint density at radius 1 is 1.23 bits per heavy atom. The Kier molecular flexibility index (Phi) is 3.72. The monoisotopic (exact) mass is 184 g/mol. The summed E-state index contributed by atoms with van der Waals surface area (Å²) in [5.74, 6) is 0.247. The molecule has 0 aromatic heterocycles. The van der Waals surface area contributed by atoms with Crippen molar-refractivity contribution in [1.82, 2.24) is 9.80 Å². The summed E-state index contributed by atoms with van der Waals surface area (Å²) >= 11 is 0. The minimum atomic E-state index is 0.247. The normalized spacial score (nSPS) is 30.8. The van der Waals surface area contributed by atoms with E-state index >= 15 is 0 Å². The zero-order chi connectivity index (χ0) is 9.84. The molecule has 2 atom stereocenters. The van der Waals surface area contributed by atoms with Gasteiger partial charge in [-0.2, -0.15) is 0 Å². The number of hydrogen-bond acceptors (Lipinski definition) is 2. The van der Waals surface area contributed by atoms with E-state index in [1.165, 1.54) is 13.0 Å². The van der Waals surface area contributed by atoms with Crippen molar-refractivity contribution in [1.29, 1.82) is 0 Å². The largest absolute Gasteiger partial charge is 0.337 e. The van der Waals surface area contributed by atoms with E-state index in [1.54, 1.807) is 6.92 Å². The Labute approximate surface area is 80.7 Å². The Bertz CT molecular complexity index is 182. The van der Waals surface area contributed by atoms with Crippen LogP contribution in [0.15, 0.2) is 0 Å². The number of carbonyl (C=O) groups is 1. The van der Waals surface area contributed by atoms with Gasteiger partial charge in [-0.25, -0.2) is 0 Å². The Morgan fingerprint density at radius 3 is 2.54 bits per heavy atom. The van der Waals surface area contributed by atoms with Gasteiger partial charge >= 0.3 is 0 Å². The lowest BCUT2D eigenvalue weighted by atomic mass is 10.2. The molecule has 0 spiro atoms. The van der Waals surface area contributed by atoms with E-state index in [2.05, 4.69) is 4.90 Å². The minimum Gasteiger partial charge on any atom is -0.337 e. The molecule has 2 heterocycles. The molecular formula is C10H20N2O. The maximum absolute atomic E-state index is 11.1. The molecule has 2 fully saturated rings. The van der Waals surface area contributed by atoms with Gasteiger partial charge in [-0.05, 0) is 6.42 Å². The van der Waals surface area contributed by atoms with Crippen LogP contribution >= 0.6 is 0 Å². The third-order valence-corrected chi connectivity index (χ3v) is 2.75. The number of carbonyl (C=O) groups excluding carboxylic acids is 1. The van der Waals surface area contributed by atoms with E-state index in [1.807, 2.05) is 18.7 Å². The molecule has 76 valence electrons. The highest BCUT2D eigenvalue weighted by molar-refractivity contribution is 5.73. The lowest BCUT2D eigenvalue weighted by Gasteiger charge is -2.33. The molecule has 0 N–H and O–H groups in total.